The first kappa shape index (κ1) is 16.4. The van der Waals surface area contributed by atoms with E-state index >= 15 is 0 Å². The van der Waals surface area contributed by atoms with Gasteiger partial charge in [-0.25, -0.2) is 8.78 Å². The second-order valence-electron chi connectivity index (χ2n) is 6.73. The van der Waals surface area contributed by atoms with Gasteiger partial charge in [0.25, 0.3) is 5.91 Å². The third kappa shape index (κ3) is 3.55. The summed E-state index contributed by atoms with van der Waals surface area (Å²) >= 11 is 0. The molecule has 2 aliphatic rings. The van der Waals surface area contributed by atoms with Crippen molar-refractivity contribution >= 4 is 5.91 Å². The number of benzene rings is 1. The van der Waals surface area contributed by atoms with Crippen LogP contribution < -0.4 is 0 Å². The van der Waals surface area contributed by atoms with Crippen molar-refractivity contribution < 1.29 is 18.7 Å². The Hall–Kier alpha value is -1.49. The number of amides is 1. The summed E-state index contributed by atoms with van der Waals surface area (Å²) < 4.78 is 27.4. The van der Waals surface area contributed by atoms with Crippen LogP contribution in [-0.4, -0.2) is 34.6 Å². The Bertz CT molecular complexity index is 566. The van der Waals surface area contributed by atoms with Gasteiger partial charge in [-0.2, -0.15) is 0 Å². The van der Waals surface area contributed by atoms with Crippen LogP contribution in [0.5, 0.6) is 0 Å². The molecule has 2 fully saturated rings. The molecule has 2 aliphatic carbocycles. The van der Waals surface area contributed by atoms with Gasteiger partial charge in [0.1, 0.15) is 0 Å². The molecule has 0 aliphatic heterocycles. The number of hydrogen-bond acceptors (Lipinski definition) is 2. The van der Waals surface area contributed by atoms with E-state index in [2.05, 4.69) is 0 Å². The van der Waals surface area contributed by atoms with Crippen molar-refractivity contribution in [1.82, 2.24) is 4.90 Å². The Morgan fingerprint density at radius 1 is 1.09 bits per heavy atom. The molecule has 23 heavy (non-hydrogen) atoms. The number of hydrogen-bond donors (Lipinski definition) is 1. The van der Waals surface area contributed by atoms with Crippen LogP contribution in [0.3, 0.4) is 0 Å². The summed E-state index contributed by atoms with van der Waals surface area (Å²) in [6.07, 6.45) is 6.41. The highest BCUT2D eigenvalue weighted by atomic mass is 19.2. The van der Waals surface area contributed by atoms with Gasteiger partial charge in [-0.15, -0.1) is 0 Å². The third-order valence-corrected chi connectivity index (χ3v) is 5.10. The molecule has 0 aromatic heterocycles. The molecule has 0 saturated heterocycles. The first-order valence-corrected chi connectivity index (χ1v) is 8.49. The third-order valence-electron chi connectivity index (χ3n) is 5.10. The molecule has 1 aromatic carbocycles. The van der Waals surface area contributed by atoms with E-state index in [1.165, 1.54) is 12.1 Å². The van der Waals surface area contributed by atoms with Gasteiger partial charge >= 0.3 is 0 Å². The number of carbonyl (C=O) groups is 1. The van der Waals surface area contributed by atoms with E-state index in [9.17, 15) is 13.6 Å². The summed E-state index contributed by atoms with van der Waals surface area (Å²) in [5, 5.41) is 9.04. The maximum atomic E-state index is 14.0. The average Bonchev–Trinajstić information content (AvgIpc) is 3.37. The molecule has 0 unspecified atom stereocenters. The Morgan fingerprint density at radius 3 is 2.26 bits per heavy atom. The number of aliphatic hydroxyl groups excluding tert-OH is 1. The Kier molecular flexibility index (Phi) is 4.95. The van der Waals surface area contributed by atoms with Crippen molar-refractivity contribution in [2.45, 2.75) is 57.0 Å². The van der Waals surface area contributed by atoms with Gasteiger partial charge in [0.05, 0.1) is 5.56 Å². The van der Waals surface area contributed by atoms with Crippen molar-refractivity contribution in [3.05, 3.63) is 35.4 Å². The molecule has 3 nitrogen and oxygen atoms in total. The summed E-state index contributed by atoms with van der Waals surface area (Å²) in [5.41, 5.74) is -0.158. The maximum Gasteiger partial charge on any atom is 0.257 e. The fourth-order valence-electron chi connectivity index (χ4n) is 3.68. The van der Waals surface area contributed by atoms with Gasteiger partial charge in [0, 0.05) is 18.7 Å². The lowest BCUT2D eigenvalue weighted by Gasteiger charge is -2.37. The van der Waals surface area contributed by atoms with E-state index < -0.39 is 11.6 Å². The summed E-state index contributed by atoms with van der Waals surface area (Å²) in [6.45, 7) is 0.203. The topological polar surface area (TPSA) is 40.5 Å². The van der Waals surface area contributed by atoms with E-state index in [1.807, 2.05) is 0 Å². The fraction of sp³-hybridized carbons (Fsp3) is 0.611. The molecule has 126 valence electrons. The highest BCUT2D eigenvalue weighted by molar-refractivity contribution is 5.95. The SMILES string of the molecule is O=C(c1cccc(F)c1F)N(C1CC1)[C@H]1CC[C@H](CCO)CC1. The van der Waals surface area contributed by atoms with Gasteiger partial charge < -0.3 is 10.0 Å². The summed E-state index contributed by atoms with van der Waals surface area (Å²) in [6, 6.07) is 4.06. The van der Waals surface area contributed by atoms with E-state index in [0.29, 0.717) is 5.92 Å². The molecular formula is C18H23F2NO2. The minimum absolute atomic E-state index is 0.104. The average molecular weight is 323 g/mol. The largest absolute Gasteiger partial charge is 0.396 e. The highest BCUT2D eigenvalue weighted by Crippen LogP contribution is 2.37. The molecule has 0 bridgehead atoms. The lowest BCUT2D eigenvalue weighted by Crippen LogP contribution is -2.44. The normalized spacial score (nSPS) is 24.5. The Morgan fingerprint density at radius 2 is 1.70 bits per heavy atom. The van der Waals surface area contributed by atoms with Crippen LogP contribution in [0.15, 0.2) is 18.2 Å². The first-order valence-electron chi connectivity index (χ1n) is 8.49. The summed E-state index contributed by atoms with van der Waals surface area (Å²) in [7, 11) is 0. The van der Waals surface area contributed by atoms with Crippen molar-refractivity contribution in [1.29, 1.82) is 0 Å². The van der Waals surface area contributed by atoms with Crippen LogP contribution in [0.25, 0.3) is 0 Å². The summed E-state index contributed by atoms with van der Waals surface area (Å²) in [4.78, 5) is 14.6. The highest BCUT2D eigenvalue weighted by Gasteiger charge is 2.39. The van der Waals surface area contributed by atoms with Crippen LogP contribution in [-0.2, 0) is 0 Å². The minimum Gasteiger partial charge on any atom is -0.396 e. The Balaban J connectivity index is 1.75. The molecule has 1 N–H and O–H groups in total. The first-order chi connectivity index (χ1) is 11.1. The predicted octanol–water partition coefficient (Wildman–Crippen LogP) is 3.51. The zero-order valence-electron chi connectivity index (χ0n) is 13.2. The number of rotatable bonds is 5. The van der Waals surface area contributed by atoms with Crippen LogP contribution in [0, 0.1) is 17.6 Å². The van der Waals surface area contributed by atoms with Crippen LogP contribution in [0.2, 0.25) is 0 Å². The number of nitrogens with zero attached hydrogens (tertiary/aromatic N) is 1. The number of aliphatic hydroxyl groups is 1. The van der Waals surface area contributed by atoms with Gasteiger partial charge in [-0.3, -0.25) is 4.79 Å². The zero-order chi connectivity index (χ0) is 16.4. The van der Waals surface area contributed by atoms with Crippen molar-refractivity contribution in [2.24, 2.45) is 5.92 Å². The van der Waals surface area contributed by atoms with Crippen LogP contribution in [0.1, 0.15) is 55.3 Å². The lowest BCUT2D eigenvalue weighted by atomic mass is 9.83. The maximum absolute atomic E-state index is 14.0. The minimum atomic E-state index is -1.04. The van der Waals surface area contributed by atoms with E-state index in [4.69, 9.17) is 5.11 Å². The van der Waals surface area contributed by atoms with E-state index in [1.54, 1.807) is 4.90 Å². The quantitative estimate of drug-likeness (QED) is 0.901. The molecule has 1 aromatic rings. The molecule has 0 heterocycles. The number of halogens is 2. The zero-order valence-corrected chi connectivity index (χ0v) is 13.2. The second-order valence-corrected chi connectivity index (χ2v) is 6.73. The molecule has 3 rings (SSSR count). The molecule has 2 saturated carbocycles. The molecule has 1 amide bonds. The predicted molar refractivity (Wildman–Crippen MR) is 83.0 cm³/mol. The number of carbonyl (C=O) groups excluding carboxylic acids is 1. The second kappa shape index (κ2) is 6.95. The fourth-order valence-corrected chi connectivity index (χ4v) is 3.68. The van der Waals surface area contributed by atoms with Gasteiger partial charge in [0.15, 0.2) is 11.6 Å². The molecule has 0 spiro atoms. The Labute approximate surface area is 135 Å². The molecular weight excluding hydrogens is 300 g/mol. The van der Waals surface area contributed by atoms with Crippen molar-refractivity contribution in [3.63, 3.8) is 0 Å². The van der Waals surface area contributed by atoms with Crippen LogP contribution >= 0.6 is 0 Å². The van der Waals surface area contributed by atoms with Crippen LogP contribution in [0.4, 0.5) is 8.78 Å². The van der Waals surface area contributed by atoms with Crippen molar-refractivity contribution in [2.75, 3.05) is 6.61 Å². The lowest BCUT2D eigenvalue weighted by molar-refractivity contribution is 0.0572. The molecule has 0 atom stereocenters. The molecule has 0 radical (unpaired) electrons. The van der Waals surface area contributed by atoms with Gasteiger partial charge in [-0.1, -0.05) is 6.07 Å². The standard InChI is InChI=1S/C18H23F2NO2/c19-16-3-1-2-15(17(16)20)18(23)21(14-8-9-14)13-6-4-12(5-7-13)10-11-22/h1-3,12-14,22H,4-11H2/t12-,13-. The van der Waals surface area contributed by atoms with E-state index in [0.717, 1.165) is 51.0 Å². The van der Waals surface area contributed by atoms with Crippen molar-refractivity contribution in [3.8, 4) is 0 Å². The van der Waals surface area contributed by atoms with Gasteiger partial charge in [-0.05, 0) is 63.0 Å². The molecule has 5 heteroatoms. The van der Waals surface area contributed by atoms with E-state index in [-0.39, 0.29) is 30.2 Å². The monoisotopic (exact) mass is 323 g/mol. The smallest absolute Gasteiger partial charge is 0.257 e. The van der Waals surface area contributed by atoms with Gasteiger partial charge in [0.2, 0.25) is 0 Å². The summed E-state index contributed by atoms with van der Waals surface area (Å²) in [5.74, 6) is -1.89.